The summed E-state index contributed by atoms with van der Waals surface area (Å²) in [5, 5.41) is 2.01. The van der Waals surface area contributed by atoms with Gasteiger partial charge < -0.3 is 5.32 Å². The van der Waals surface area contributed by atoms with Crippen molar-refractivity contribution in [3.8, 4) is 0 Å². The largest absolute Gasteiger partial charge is 0.402 e. The van der Waals surface area contributed by atoms with E-state index in [-0.39, 0.29) is 31.8 Å². The average molecular weight is 611 g/mol. The van der Waals surface area contributed by atoms with Crippen LogP contribution in [0.15, 0.2) is 42.5 Å². The Morgan fingerprint density at radius 2 is 1.49 bits per heavy atom. The number of hydrogen-bond donors (Lipinski definition) is 1. The SMILES string of the molecule is CC(CS(=O)(=O)CC(F)(F)F)NC(=O)c1ccc(/C(F)=C/C(c2cc(Cl)c(Cl)c(Cl)c2)C(C)(F)F)cc1. The fraction of sp³-hybridized carbons (Fsp3) is 0.348. The van der Waals surface area contributed by atoms with Crippen LogP contribution in [-0.4, -0.2) is 44.0 Å². The molecule has 0 aliphatic rings. The monoisotopic (exact) mass is 609 g/mol. The van der Waals surface area contributed by atoms with Crippen LogP contribution in [0.3, 0.4) is 0 Å². The van der Waals surface area contributed by atoms with E-state index in [1.165, 1.54) is 6.92 Å². The summed E-state index contributed by atoms with van der Waals surface area (Å²) in [4.78, 5) is 12.3. The van der Waals surface area contributed by atoms with Crippen LogP contribution in [-0.2, 0) is 9.84 Å². The Balaban J connectivity index is 2.21. The number of benzene rings is 2. The van der Waals surface area contributed by atoms with Crippen LogP contribution >= 0.6 is 34.8 Å². The molecule has 0 aliphatic carbocycles. The summed E-state index contributed by atoms with van der Waals surface area (Å²) in [6, 6.07) is 5.67. The molecule has 0 aliphatic heterocycles. The number of nitrogens with one attached hydrogen (secondary N) is 1. The first kappa shape index (κ1) is 31.3. The third-order valence-corrected chi connectivity index (χ3v) is 7.88. The van der Waals surface area contributed by atoms with Crippen LogP contribution in [0.2, 0.25) is 15.1 Å². The average Bonchev–Trinajstić information content (AvgIpc) is 2.72. The zero-order valence-electron chi connectivity index (χ0n) is 19.1. The minimum absolute atomic E-state index is 0.0455. The quantitative estimate of drug-likeness (QED) is 0.236. The van der Waals surface area contributed by atoms with Gasteiger partial charge in [0.05, 0.1) is 26.7 Å². The van der Waals surface area contributed by atoms with Gasteiger partial charge in [0.2, 0.25) is 0 Å². The zero-order chi connectivity index (χ0) is 28.3. The Morgan fingerprint density at radius 3 is 1.95 bits per heavy atom. The minimum atomic E-state index is -4.91. The van der Waals surface area contributed by atoms with Gasteiger partial charge in [-0.1, -0.05) is 46.9 Å². The standard InChI is InChI=1S/C23H20Cl3F6NO3S/c1-12(10-37(35,36)11-23(30,31)32)33-21(34)14-5-3-13(4-6-14)19(27)9-16(22(2,28)29)15-7-17(24)20(26)18(25)8-15/h3-9,12,16H,10-11H2,1-2H3,(H,33,34)/b19-9-. The predicted octanol–water partition coefficient (Wildman–Crippen LogP) is 7.49. The number of rotatable bonds is 9. The molecule has 1 N–H and O–H groups in total. The lowest BCUT2D eigenvalue weighted by atomic mass is 9.92. The van der Waals surface area contributed by atoms with Gasteiger partial charge in [0, 0.05) is 24.1 Å². The second-order valence-electron chi connectivity index (χ2n) is 8.37. The molecule has 0 saturated heterocycles. The third-order valence-electron chi connectivity index (χ3n) is 4.91. The first-order valence-electron chi connectivity index (χ1n) is 10.4. The highest BCUT2D eigenvalue weighted by Gasteiger charge is 2.36. The van der Waals surface area contributed by atoms with Gasteiger partial charge in [-0.3, -0.25) is 4.79 Å². The molecule has 4 nitrogen and oxygen atoms in total. The van der Waals surface area contributed by atoms with Gasteiger partial charge in [-0.05, 0) is 42.8 Å². The van der Waals surface area contributed by atoms with Gasteiger partial charge in [-0.25, -0.2) is 21.6 Å². The van der Waals surface area contributed by atoms with E-state index < -0.39 is 57.1 Å². The van der Waals surface area contributed by atoms with Crippen molar-refractivity contribution in [1.29, 1.82) is 0 Å². The number of carbonyl (C=O) groups excluding carboxylic acids is 1. The second-order valence-corrected chi connectivity index (χ2v) is 11.7. The summed E-state index contributed by atoms with van der Waals surface area (Å²) in [6.07, 6.45) is -4.25. The Morgan fingerprint density at radius 1 is 1.00 bits per heavy atom. The molecule has 0 bridgehead atoms. The second kappa shape index (κ2) is 11.8. The summed E-state index contributed by atoms with van der Waals surface area (Å²) >= 11 is 17.7. The molecular weight excluding hydrogens is 591 g/mol. The van der Waals surface area contributed by atoms with Crippen molar-refractivity contribution in [3.63, 3.8) is 0 Å². The van der Waals surface area contributed by atoms with Crippen molar-refractivity contribution in [2.75, 3.05) is 11.5 Å². The van der Waals surface area contributed by atoms with Crippen molar-refractivity contribution in [2.45, 2.75) is 37.9 Å². The topological polar surface area (TPSA) is 63.2 Å². The molecule has 2 unspecified atom stereocenters. The van der Waals surface area contributed by atoms with Crippen LogP contribution in [0.1, 0.15) is 41.3 Å². The fourth-order valence-electron chi connectivity index (χ4n) is 3.35. The zero-order valence-corrected chi connectivity index (χ0v) is 22.2. The third kappa shape index (κ3) is 9.38. The maximum Gasteiger partial charge on any atom is 0.402 e. The molecule has 2 atom stereocenters. The van der Waals surface area contributed by atoms with Crippen molar-refractivity contribution >= 4 is 56.4 Å². The maximum atomic E-state index is 14.9. The molecule has 1 amide bonds. The molecule has 0 heterocycles. The van der Waals surface area contributed by atoms with Crippen LogP contribution in [0, 0.1) is 0 Å². The Bertz CT molecular complexity index is 1250. The molecule has 2 rings (SSSR count). The first-order valence-corrected chi connectivity index (χ1v) is 13.3. The van der Waals surface area contributed by atoms with E-state index in [2.05, 4.69) is 5.32 Å². The van der Waals surface area contributed by atoms with E-state index in [0.717, 1.165) is 36.4 Å². The van der Waals surface area contributed by atoms with Crippen molar-refractivity contribution in [2.24, 2.45) is 0 Å². The van der Waals surface area contributed by atoms with Crippen LogP contribution in [0.25, 0.3) is 5.83 Å². The summed E-state index contributed by atoms with van der Waals surface area (Å²) in [6.45, 7) is 1.80. The van der Waals surface area contributed by atoms with Crippen LogP contribution in [0.5, 0.6) is 0 Å². The maximum absolute atomic E-state index is 14.9. The highest BCUT2D eigenvalue weighted by Crippen LogP contribution is 2.41. The van der Waals surface area contributed by atoms with Crippen molar-refractivity contribution < 1.29 is 39.6 Å². The number of amides is 1. The predicted molar refractivity (Wildman–Crippen MR) is 132 cm³/mol. The molecular formula is C23H20Cl3F6NO3S. The van der Waals surface area contributed by atoms with Gasteiger partial charge >= 0.3 is 6.18 Å². The van der Waals surface area contributed by atoms with Gasteiger partial charge in [0.1, 0.15) is 11.6 Å². The number of hydrogen-bond acceptors (Lipinski definition) is 3. The first-order chi connectivity index (χ1) is 16.8. The molecule has 0 fully saturated rings. The number of sulfone groups is 1. The van der Waals surface area contributed by atoms with E-state index in [1.54, 1.807) is 0 Å². The molecule has 0 spiro atoms. The molecule has 204 valence electrons. The van der Waals surface area contributed by atoms with E-state index >= 15 is 0 Å². The Labute approximate surface area is 224 Å². The minimum Gasteiger partial charge on any atom is -0.349 e. The molecule has 14 heteroatoms. The smallest absolute Gasteiger partial charge is 0.349 e. The van der Waals surface area contributed by atoms with Gasteiger partial charge in [-0.2, -0.15) is 13.2 Å². The molecule has 37 heavy (non-hydrogen) atoms. The number of allylic oxidation sites excluding steroid dienone is 1. The Hall–Kier alpha value is -1.95. The summed E-state index contributed by atoms with van der Waals surface area (Å²) in [5.74, 6) is -10.0. The highest BCUT2D eigenvalue weighted by molar-refractivity contribution is 7.91. The summed E-state index contributed by atoms with van der Waals surface area (Å²) < 4.78 is 104. The van der Waals surface area contributed by atoms with E-state index in [9.17, 15) is 39.6 Å². The lowest BCUT2D eigenvalue weighted by Gasteiger charge is -2.22. The lowest BCUT2D eigenvalue weighted by molar-refractivity contribution is -0.106. The molecule has 0 radical (unpaired) electrons. The summed E-state index contributed by atoms with van der Waals surface area (Å²) in [7, 11) is -4.52. The number of halogens is 9. The summed E-state index contributed by atoms with van der Waals surface area (Å²) in [5.41, 5.74) is -0.310. The lowest BCUT2D eigenvalue weighted by Crippen LogP contribution is -2.39. The number of alkyl halides is 5. The van der Waals surface area contributed by atoms with Gasteiger partial charge in [-0.15, -0.1) is 0 Å². The van der Waals surface area contributed by atoms with Crippen molar-refractivity contribution in [1.82, 2.24) is 5.32 Å². The van der Waals surface area contributed by atoms with Crippen molar-refractivity contribution in [3.05, 3.63) is 74.2 Å². The van der Waals surface area contributed by atoms with E-state index in [4.69, 9.17) is 34.8 Å². The van der Waals surface area contributed by atoms with Crippen LogP contribution in [0.4, 0.5) is 26.3 Å². The molecule has 0 aromatic heterocycles. The van der Waals surface area contributed by atoms with E-state index in [0.29, 0.717) is 13.0 Å². The molecule has 2 aromatic rings. The number of carbonyl (C=O) groups is 1. The normalized spacial score (nSPS) is 14.8. The van der Waals surface area contributed by atoms with E-state index in [1.807, 2.05) is 0 Å². The van der Waals surface area contributed by atoms with Gasteiger partial charge in [0.25, 0.3) is 11.8 Å². The van der Waals surface area contributed by atoms with Gasteiger partial charge in [0.15, 0.2) is 9.84 Å². The van der Waals surface area contributed by atoms with Crippen LogP contribution < -0.4 is 5.32 Å². The fourth-order valence-corrected chi connectivity index (χ4v) is 5.43. The highest BCUT2D eigenvalue weighted by atomic mass is 35.5. The Kier molecular flexibility index (Phi) is 10.0. The molecule has 0 saturated carbocycles. The molecule has 2 aromatic carbocycles.